The van der Waals surface area contributed by atoms with Gasteiger partial charge in [0.2, 0.25) is 5.91 Å². The standard InChI is InChI=1S/C26H29ClN2O/c1-29(20-17-21-13-15-24(27)16-14-21)19-8-18-26(25(28)30,22-9-4-2-5-10-22)23-11-6-3-7-12-23/h2-7,9-16H,8,17-20H2,1H3,(H2,28,30). The third-order valence-electron chi connectivity index (χ3n) is 5.74. The van der Waals surface area contributed by atoms with Crippen LogP contribution in [-0.2, 0) is 16.6 Å². The third kappa shape index (κ3) is 5.29. The highest BCUT2D eigenvalue weighted by Crippen LogP contribution is 2.36. The van der Waals surface area contributed by atoms with E-state index in [0.717, 1.165) is 42.1 Å². The zero-order chi connectivity index (χ0) is 21.4. The number of carbonyl (C=O) groups is 1. The minimum Gasteiger partial charge on any atom is -0.369 e. The van der Waals surface area contributed by atoms with E-state index in [9.17, 15) is 4.79 Å². The molecule has 3 rings (SSSR count). The van der Waals surface area contributed by atoms with Crippen LogP contribution < -0.4 is 5.73 Å². The van der Waals surface area contributed by atoms with E-state index in [1.165, 1.54) is 5.56 Å². The lowest BCUT2D eigenvalue weighted by molar-refractivity contribution is -0.122. The van der Waals surface area contributed by atoms with Gasteiger partial charge in [0.25, 0.3) is 0 Å². The smallest absolute Gasteiger partial charge is 0.232 e. The van der Waals surface area contributed by atoms with Gasteiger partial charge in [0.1, 0.15) is 0 Å². The predicted molar refractivity (Wildman–Crippen MR) is 125 cm³/mol. The van der Waals surface area contributed by atoms with Gasteiger partial charge in [-0.2, -0.15) is 0 Å². The van der Waals surface area contributed by atoms with E-state index in [-0.39, 0.29) is 5.91 Å². The van der Waals surface area contributed by atoms with Crippen molar-refractivity contribution in [1.29, 1.82) is 0 Å². The first-order valence-electron chi connectivity index (χ1n) is 10.4. The Morgan fingerprint density at radius 1 is 0.867 bits per heavy atom. The van der Waals surface area contributed by atoms with Crippen LogP contribution in [-0.4, -0.2) is 30.9 Å². The van der Waals surface area contributed by atoms with E-state index in [1.54, 1.807) is 0 Å². The highest BCUT2D eigenvalue weighted by Gasteiger charge is 2.39. The molecule has 30 heavy (non-hydrogen) atoms. The number of carbonyl (C=O) groups excluding carboxylic acids is 1. The Bertz CT molecular complexity index is 887. The fourth-order valence-electron chi connectivity index (χ4n) is 4.01. The molecule has 0 saturated heterocycles. The molecule has 2 N–H and O–H groups in total. The molecule has 0 aliphatic heterocycles. The Kier molecular flexibility index (Phi) is 7.67. The molecule has 0 spiro atoms. The molecular formula is C26H29ClN2O. The summed E-state index contributed by atoms with van der Waals surface area (Å²) in [5.74, 6) is -0.302. The van der Waals surface area contributed by atoms with Crippen molar-refractivity contribution in [3.8, 4) is 0 Å². The van der Waals surface area contributed by atoms with Crippen molar-refractivity contribution < 1.29 is 4.79 Å². The van der Waals surface area contributed by atoms with Crippen LogP contribution in [0.25, 0.3) is 0 Å². The Morgan fingerprint density at radius 2 is 1.40 bits per heavy atom. The van der Waals surface area contributed by atoms with Crippen LogP contribution in [0.4, 0.5) is 0 Å². The molecule has 0 saturated carbocycles. The van der Waals surface area contributed by atoms with Gasteiger partial charge < -0.3 is 10.6 Å². The molecule has 1 amide bonds. The SMILES string of the molecule is CN(CCCC(C(N)=O)(c1ccccc1)c1ccccc1)CCc1ccc(Cl)cc1. The molecule has 4 heteroatoms. The van der Waals surface area contributed by atoms with Gasteiger partial charge in [-0.3, -0.25) is 4.79 Å². The topological polar surface area (TPSA) is 46.3 Å². The second-order valence-electron chi connectivity index (χ2n) is 7.78. The summed E-state index contributed by atoms with van der Waals surface area (Å²) >= 11 is 5.96. The van der Waals surface area contributed by atoms with Crippen molar-refractivity contribution in [2.45, 2.75) is 24.7 Å². The second-order valence-corrected chi connectivity index (χ2v) is 8.22. The molecule has 3 aromatic carbocycles. The van der Waals surface area contributed by atoms with Crippen LogP contribution in [0, 0.1) is 0 Å². The van der Waals surface area contributed by atoms with Crippen LogP contribution in [0.5, 0.6) is 0 Å². The van der Waals surface area contributed by atoms with Crippen molar-refractivity contribution in [1.82, 2.24) is 4.90 Å². The minimum absolute atomic E-state index is 0.302. The van der Waals surface area contributed by atoms with Gasteiger partial charge >= 0.3 is 0 Å². The molecular weight excluding hydrogens is 392 g/mol. The van der Waals surface area contributed by atoms with Crippen molar-refractivity contribution in [3.05, 3.63) is 107 Å². The van der Waals surface area contributed by atoms with Gasteiger partial charge in [-0.05, 0) is 61.7 Å². The summed E-state index contributed by atoms with van der Waals surface area (Å²) in [4.78, 5) is 15.1. The zero-order valence-electron chi connectivity index (χ0n) is 17.4. The summed E-state index contributed by atoms with van der Waals surface area (Å²) in [5, 5.41) is 0.761. The maximum atomic E-state index is 12.8. The first-order chi connectivity index (χ1) is 14.5. The fraction of sp³-hybridized carbons (Fsp3) is 0.269. The number of nitrogens with two attached hydrogens (primary N) is 1. The van der Waals surface area contributed by atoms with E-state index >= 15 is 0 Å². The number of hydrogen-bond donors (Lipinski definition) is 1. The van der Waals surface area contributed by atoms with E-state index in [2.05, 4.69) is 24.1 Å². The van der Waals surface area contributed by atoms with Crippen LogP contribution in [0.15, 0.2) is 84.9 Å². The molecule has 0 heterocycles. The van der Waals surface area contributed by atoms with E-state index in [0.29, 0.717) is 6.42 Å². The van der Waals surface area contributed by atoms with Gasteiger partial charge in [-0.15, -0.1) is 0 Å². The molecule has 3 aromatic rings. The normalized spacial score (nSPS) is 11.6. The Balaban J connectivity index is 1.69. The number of primary amides is 1. The highest BCUT2D eigenvalue weighted by atomic mass is 35.5. The van der Waals surface area contributed by atoms with Gasteiger partial charge in [0.05, 0.1) is 5.41 Å². The lowest BCUT2D eigenvalue weighted by Crippen LogP contribution is -2.43. The molecule has 0 aliphatic carbocycles. The molecule has 156 valence electrons. The zero-order valence-corrected chi connectivity index (χ0v) is 18.2. The lowest BCUT2D eigenvalue weighted by atomic mass is 9.70. The number of nitrogens with zero attached hydrogens (tertiary/aromatic N) is 1. The first-order valence-corrected chi connectivity index (χ1v) is 10.7. The van der Waals surface area contributed by atoms with Crippen LogP contribution >= 0.6 is 11.6 Å². The molecule has 0 bridgehead atoms. The Morgan fingerprint density at radius 3 is 1.90 bits per heavy atom. The number of halogens is 1. The minimum atomic E-state index is -0.820. The number of rotatable bonds is 10. The maximum absolute atomic E-state index is 12.8. The summed E-state index contributed by atoms with van der Waals surface area (Å²) in [6.45, 7) is 1.84. The van der Waals surface area contributed by atoms with Crippen molar-refractivity contribution in [3.63, 3.8) is 0 Å². The van der Waals surface area contributed by atoms with Crippen molar-refractivity contribution >= 4 is 17.5 Å². The lowest BCUT2D eigenvalue weighted by Gasteiger charge is -2.32. The monoisotopic (exact) mass is 420 g/mol. The number of benzene rings is 3. The van der Waals surface area contributed by atoms with Gasteiger partial charge in [0, 0.05) is 11.6 Å². The summed E-state index contributed by atoms with van der Waals surface area (Å²) in [6, 6.07) is 27.8. The molecule has 0 unspecified atom stereocenters. The van der Waals surface area contributed by atoms with Crippen LogP contribution in [0.1, 0.15) is 29.5 Å². The third-order valence-corrected chi connectivity index (χ3v) is 5.99. The summed E-state index contributed by atoms with van der Waals surface area (Å²) in [7, 11) is 2.12. The van der Waals surface area contributed by atoms with Gasteiger partial charge in [0.15, 0.2) is 0 Å². The number of likely N-dealkylation sites (N-methyl/N-ethyl adjacent to an activating group) is 1. The highest BCUT2D eigenvalue weighted by molar-refractivity contribution is 6.30. The van der Waals surface area contributed by atoms with Crippen molar-refractivity contribution in [2.75, 3.05) is 20.1 Å². The predicted octanol–water partition coefficient (Wildman–Crippen LogP) is 5.07. The molecule has 0 aliphatic rings. The van der Waals surface area contributed by atoms with E-state index in [1.807, 2.05) is 72.8 Å². The quantitative estimate of drug-likeness (QED) is 0.498. The van der Waals surface area contributed by atoms with Crippen LogP contribution in [0.3, 0.4) is 0 Å². The van der Waals surface area contributed by atoms with E-state index in [4.69, 9.17) is 17.3 Å². The molecule has 0 atom stereocenters. The first kappa shape index (κ1) is 22.1. The molecule has 0 radical (unpaired) electrons. The summed E-state index contributed by atoms with van der Waals surface area (Å²) < 4.78 is 0. The molecule has 3 nitrogen and oxygen atoms in total. The second kappa shape index (κ2) is 10.4. The largest absolute Gasteiger partial charge is 0.369 e. The average molecular weight is 421 g/mol. The molecule has 0 aromatic heterocycles. The summed E-state index contributed by atoms with van der Waals surface area (Å²) in [6.07, 6.45) is 2.50. The van der Waals surface area contributed by atoms with Crippen LogP contribution in [0.2, 0.25) is 5.02 Å². The summed E-state index contributed by atoms with van der Waals surface area (Å²) in [5.41, 5.74) is 8.39. The fourth-order valence-corrected chi connectivity index (χ4v) is 4.13. The Hall–Kier alpha value is -2.62. The van der Waals surface area contributed by atoms with Gasteiger partial charge in [-0.25, -0.2) is 0 Å². The van der Waals surface area contributed by atoms with Crippen molar-refractivity contribution in [2.24, 2.45) is 5.73 Å². The number of amides is 1. The maximum Gasteiger partial charge on any atom is 0.232 e. The molecule has 0 fully saturated rings. The Labute approximate surface area is 184 Å². The average Bonchev–Trinajstić information content (AvgIpc) is 2.77. The number of hydrogen-bond acceptors (Lipinski definition) is 2. The van der Waals surface area contributed by atoms with Gasteiger partial charge in [-0.1, -0.05) is 84.4 Å². The van der Waals surface area contributed by atoms with E-state index < -0.39 is 5.41 Å².